The van der Waals surface area contributed by atoms with Crippen LogP contribution in [0.15, 0.2) is 60.9 Å². The summed E-state index contributed by atoms with van der Waals surface area (Å²) in [4.78, 5) is 4.41. The van der Waals surface area contributed by atoms with E-state index in [0.717, 1.165) is 22.5 Å². The maximum Gasteiger partial charge on any atom is 0.140 e. The Morgan fingerprint density at radius 2 is 1.86 bits per heavy atom. The van der Waals surface area contributed by atoms with Crippen LogP contribution < -0.4 is 5.73 Å². The van der Waals surface area contributed by atoms with E-state index in [1.165, 1.54) is 12.1 Å². The molecule has 4 heteroatoms. The number of hydrogen-bond donors (Lipinski definition) is 1. The number of nitrogens with zero attached hydrogens (tertiary/aromatic N) is 2. The smallest absolute Gasteiger partial charge is 0.140 e. The molecule has 3 aromatic rings. The number of hydrogen-bond acceptors (Lipinski definition) is 2. The van der Waals surface area contributed by atoms with E-state index >= 15 is 0 Å². The zero-order valence-corrected chi connectivity index (χ0v) is 11.5. The van der Waals surface area contributed by atoms with Gasteiger partial charge in [0.25, 0.3) is 0 Å². The average molecular weight is 281 g/mol. The highest BCUT2D eigenvalue weighted by Crippen LogP contribution is 2.19. The fourth-order valence-corrected chi connectivity index (χ4v) is 2.41. The molecular formula is C17H16FN3. The van der Waals surface area contributed by atoms with Crippen molar-refractivity contribution in [3.63, 3.8) is 0 Å². The molecule has 1 heterocycles. The summed E-state index contributed by atoms with van der Waals surface area (Å²) in [6, 6.07) is 14.7. The van der Waals surface area contributed by atoms with E-state index in [1.807, 2.05) is 41.1 Å². The van der Waals surface area contributed by atoms with E-state index in [-0.39, 0.29) is 5.82 Å². The van der Waals surface area contributed by atoms with Gasteiger partial charge >= 0.3 is 0 Å². The van der Waals surface area contributed by atoms with Gasteiger partial charge in [-0.15, -0.1) is 0 Å². The van der Waals surface area contributed by atoms with E-state index in [9.17, 15) is 4.39 Å². The van der Waals surface area contributed by atoms with Crippen molar-refractivity contribution in [1.29, 1.82) is 0 Å². The predicted molar refractivity (Wildman–Crippen MR) is 81.1 cm³/mol. The van der Waals surface area contributed by atoms with Crippen LogP contribution in [0, 0.1) is 5.82 Å². The van der Waals surface area contributed by atoms with Crippen LogP contribution in [0.5, 0.6) is 0 Å². The van der Waals surface area contributed by atoms with Gasteiger partial charge in [-0.05, 0) is 23.3 Å². The Bertz CT molecular complexity index is 735. The number of halogens is 1. The molecule has 0 spiro atoms. The molecule has 0 atom stereocenters. The topological polar surface area (TPSA) is 43.8 Å². The number of imidazole rings is 1. The standard InChI is InChI=1S/C17H16FN3/c18-16-7-6-14(15(10-16)11-19)12-21-9-8-20-17(21)13-4-2-1-3-5-13/h1-10H,11-12,19H2. The Balaban J connectivity index is 1.95. The quantitative estimate of drug-likeness (QED) is 0.798. The van der Waals surface area contributed by atoms with E-state index in [2.05, 4.69) is 4.98 Å². The maximum absolute atomic E-state index is 13.3. The van der Waals surface area contributed by atoms with Gasteiger partial charge in [-0.1, -0.05) is 36.4 Å². The second-order valence-corrected chi connectivity index (χ2v) is 4.86. The Labute approximate surface area is 122 Å². The Hall–Kier alpha value is -2.46. The fraction of sp³-hybridized carbons (Fsp3) is 0.118. The number of aromatic nitrogens is 2. The van der Waals surface area contributed by atoms with Crippen LogP contribution in [-0.4, -0.2) is 9.55 Å². The lowest BCUT2D eigenvalue weighted by atomic mass is 10.1. The van der Waals surface area contributed by atoms with Crippen LogP contribution in [0.1, 0.15) is 11.1 Å². The van der Waals surface area contributed by atoms with Crippen LogP contribution in [0.4, 0.5) is 4.39 Å². The molecule has 0 amide bonds. The highest BCUT2D eigenvalue weighted by molar-refractivity contribution is 5.55. The van der Waals surface area contributed by atoms with Gasteiger partial charge in [0.2, 0.25) is 0 Å². The molecule has 0 unspecified atom stereocenters. The maximum atomic E-state index is 13.3. The molecule has 1 aromatic heterocycles. The zero-order chi connectivity index (χ0) is 14.7. The highest BCUT2D eigenvalue weighted by Gasteiger charge is 2.08. The first-order chi connectivity index (χ1) is 10.3. The first-order valence-corrected chi connectivity index (χ1v) is 6.82. The molecule has 0 saturated carbocycles. The summed E-state index contributed by atoms with van der Waals surface area (Å²) in [5.41, 5.74) is 8.59. The first-order valence-electron chi connectivity index (χ1n) is 6.82. The minimum absolute atomic E-state index is 0.256. The third-order valence-corrected chi connectivity index (χ3v) is 3.48. The lowest BCUT2D eigenvalue weighted by Gasteiger charge is -2.11. The van der Waals surface area contributed by atoms with Crippen molar-refractivity contribution in [3.05, 3.63) is 77.9 Å². The normalized spacial score (nSPS) is 10.8. The predicted octanol–water partition coefficient (Wildman–Crippen LogP) is 3.20. The fourth-order valence-electron chi connectivity index (χ4n) is 2.41. The lowest BCUT2D eigenvalue weighted by molar-refractivity contribution is 0.623. The van der Waals surface area contributed by atoms with Crippen LogP contribution in [0.2, 0.25) is 0 Å². The summed E-state index contributed by atoms with van der Waals surface area (Å²) < 4.78 is 15.3. The summed E-state index contributed by atoms with van der Waals surface area (Å²) in [5.74, 6) is 0.635. The van der Waals surface area contributed by atoms with Gasteiger partial charge in [0, 0.05) is 31.0 Å². The number of benzene rings is 2. The van der Waals surface area contributed by atoms with Crippen LogP contribution >= 0.6 is 0 Å². The summed E-state index contributed by atoms with van der Waals surface area (Å²) >= 11 is 0. The zero-order valence-electron chi connectivity index (χ0n) is 11.5. The van der Waals surface area contributed by atoms with Crippen molar-refractivity contribution < 1.29 is 4.39 Å². The van der Waals surface area contributed by atoms with Gasteiger partial charge in [0.05, 0.1) is 0 Å². The third kappa shape index (κ3) is 2.85. The molecule has 2 N–H and O–H groups in total. The molecule has 0 radical (unpaired) electrons. The third-order valence-electron chi connectivity index (χ3n) is 3.48. The average Bonchev–Trinajstić information content (AvgIpc) is 2.98. The minimum Gasteiger partial charge on any atom is -0.327 e. The van der Waals surface area contributed by atoms with Crippen molar-refractivity contribution >= 4 is 0 Å². The largest absolute Gasteiger partial charge is 0.327 e. The number of rotatable bonds is 4. The minimum atomic E-state index is -0.256. The monoisotopic (exact) mass is 281 g/mol. The van der Waals surface area contributed by atoms with Crippen molar-refractivity contribution in [2.24, 2.45) is 5.73 Å². The molecule has 3 nitrogen and oxygen atoms in total. The van der Waals surface area contributed by atoms with Gasteiger partial charge in [-0.25, -0.2) is 9.37 Å². The molecule has 3 rings (SSSR count). The van der Waals surface area contributed by atoms with Crippen LogP contribution in [-0.2, 0) is 13.1 Å². The van der Waals surface area contributed by atoms with Gasteiger partial charge in [-0.3, -0.25) is 0 Å². The van der Waals surface area contributed by atoms with Gasteiger partial charge in [0.1, 0.15) is 11.6 Å². The van der Waals surface area contributed by atoms with E-state index < -0.39 is 0 Å². The molecule has 0 bridgehead atoms. The van der Waals surface area contributed by atoms with Crippen molar-refractivity contribution in [2.45, 2.75) is 13.1 Å². The van der Waals surface area contributed by atoms with E-state index in [1.54, 1.807) is 12.3 Å². The Kier molecular flexibility index (Phi) is 3.79. The van der Waals surface area contributed by atoms with Crippen molar-refractivity contribution in [3.8, 4) is 11.4 Å². The summed E-state index contributed by atoms with van der Waals surface area (Å²) in [5, 5.41) is 0. The van der Waals surface area contributed by atoms with Gasteiger partial charge < -0.3 is 10.3 Å². The molecule has 106 valence electrons. The second-order valence-electron chi connectivity index (χ2n) is 4.86. The Morgan fingerprint density at radius 3 is 2.62 bits per heavy atom. The molecule has 2 aromatic carbocycles. The molecule has 0 fully saturated rings. The van der Waals surface area contributed by atoms with Crippen molar-refractivity contribution in [2.75, 3.05) is 0 Å². The first kappa shape index (κ1) is 13.5. The molecule has 0 aliphatic heterocycles. The van der Waals surface area contributed by atoms with Gasteiger partial charge in [0.15, 0.2) is 0 Å². The lowest BCUT2D eigenvalue weighted by Crippen LogP contribution is -2.07. The molecule has 0 aliphatic rings. The molecule has 0 saturated heterocycles. The summed E-state index contributed by atoms with van der Waals surface area (Å²) in [7, 11) is 0. The molecule has 21 heavy (non-hydrogen) atoms. The van der Waals surface area contributed by atoms with Gasteiger partial charge in [-0.2, -0.15) is 0 Å². The molecular weight excluding hydrogens is 265 g/mol. The highest BCUT2D eigenvalue weighted by atomic mass is 19.1. The van der Waals surface area contributed by atoms with E-state index in [0.29, 0.717) is 13.1 Å². The Morgan fingerprint density at radius 1 is 1.05 bits per heavy atom. The second kappa shape index (κ2) is 5.89. The molecule has 0 aliphatic carbocycles. The van der Waals surface area contributed by atoms with E-state index in [4.69, 9.17) is 5.73 Å². The number of nitrogens with two attached hydrogens (primary N) is 1. The van der Waals surface area contributed by atoms with Crippen LogP contribution in [0.25, 0.3) is 11.4 Å². The summed E-state index contributed by atoms with van der Waals surface area (Å²) in [6.07, 6.45) is 3.69. The SMILES string of the molecule is NCc1cc(F)ccc1Cn1ccnc1-c1ccccc1. The van der Waals surface area contributed by atoms with Crippen LogP contribution in [0.3, 0.4) is 0 Å². The summed E-state index contributed by atoms with van der Waals surface area (Å²) in [6.45, 7) is 0.944. The van der Waals surface area contributed by atoms with Crippen molar-refractivity contribution in [1.82, 2.24) is 9.55 Å².